The Morgan fingerprint density at radius 3 is 2.43 bits per heavy atom. The summed E-state index contributed by atoms with van der Waals surface area (Å²) in [4.78, 5) is 0. The van der Waals surface area contributed by atoms with Crippen LogP contribution in [0.15, 0.2) is 59.1 Å². The molecule has 0 heterocycles. The largest absolute Gasteiger partial charge is 0.362 e. The molecule has 110 valence electrons. The molecule has 0 fully saturated rings. The maximum absolute atomic E-state index is 5.34. The summed E-state index contributed by atoms with van der Waals surface area (Å²) in [5.41, 5.74) is 2.53. The van der Waals surface area contributed by atoms with Crippen molar-refractivity contribution in [3.63, 3.8) is 0 Å². The molecule has 2 aromatic rings. The molecule has 1 atom stereocenters. The van der Waals surface area contributed by atoms with Gasteiger partial charge in [-0.2, -0.15) is 0 Å². The van der Waals surface area contributed by atoms with Crippen molar-refractivity contribution in [2.45, 2.75) is 19.4 Å². The van der Waals surface area contributed by atoms with E-state index in [1.54, 1.807) is 0 Å². The number of rotatable bonds is 5. The number of halogens is 1. The van der Waals surface area contributed by atoms with Crippen molar-refractivity contribution >= 4 is 33.3 Å². The summed E-state index contributed by atoms with van der Waals surface area (Å²) < 4.78 is 1.09. The molecule has 21 heavy (non-hydrogen) atoms. The first-order valence-electron chi connectivity index (χ1n) is 6.99. The predicted molar refractivity (Wildman–Crippen MR) is 96.4 cm³/mol. The van der Waals surface area contributed by atoms with E-state index >= 15 is 0 Å². The predicted octanol–water partition coefficient (Wildman–Crippen LogP) is 4.22. The zero-order valence-electron chi connectivity index (χ0n) is 12.0. The van der Waals surface area contributed by atoms with Gasteiger partial charge < -0.3 is 10.6 Å². The van der Waals surface area contributed by atoms with Crippen LogP contribution in [0.4, 0.5) is 0 Å². The summed E-state index contributed by atoms with van der Waals surface area (Å²) in [6.45, 7) is 2.94. The van der Waals surface area contributed by atoms with Crippen molar-refractivity contribution in [2.75, 3.05) is 6.54 Å². The van der Waals surface area contributed by atoms with Gasteiger partial charge in [0.25, 0.3) is 0 Å². The van der Waals surface area contributed by atoms with Gasteiger partial charge in [0.1, 0.15) is 0 Å². The zero-order valence-corrected chi connectivity index (χ0v) is 14.4. The third-order valence-corrected chi connectivity index (χ3v) is 4.05. The number of hydrogen-bond donors (Lipinski definition) is 2. The molecule has 0 amide bonds. The lowest BCUT2D eigenvalue weighted by molar-refractivity contribution is 0.696. The van der Waals surface area contributed by atoms with E-state index in [9.17, 15) is 0 Å². The summed E-state index contributed by atoms with van der Waals surface area (Å²) in [6, 6.07) is 18.9. The topological polar surface area (TPSA) is 24.1 Å². The smallest absolute Gasteiger partial charge is 0.166 e. The first-order chi connectivity index (χ1) is 10.1. The highest BCUT2D eigenvalue weighted by molar-refractivity contribution is 9.10. The molecule has 0 unspecified atom stereocenters. The lowest BCUT2D eigenvalue weighted by Gasteiger charge is -2.17. The van der Waals surface area contributed by atoms with Crippen LogP contribution in [0.1, 0.15) is 24.1 Å². The first kappa shape index (κ1) is 16.0. The third-order valence-electron chi connectivity index (χ3n) is 3.26. The lowest BCUT2D eigenvalue weighted by Crippen LogP contribution is -2.37. The van der Waals surface area contributed by atoms with Gasteiger partial charge in [-0.3, -0.25) is 0 Å². The summed E-state index contributed by atoms with van der Waals surface area (Å²) in [5, 5.41) is 7.26. The van der Waals surface area contributed by atoms with Crippen LogP contribution in [0.2, 0.25) is 0 Å². The minimum atomic E-state index is 0.190. The molecule has 0 bridgehead atoms. The molecular weight excluding hydrogens is 344 g/mol. The quantitative estimate of drug-likeness (QED) is 0.778. The Morgan fingerprint density at radius 1 is 1.10 bits per heavy atom. The number of benzene rings is 2. The van der Waals surface area contributed by atoms with Gasteiger partial charge in [0.15, 0.2) is 5.11 Å². The van der Waals surface area contributed by atoms with E-state index in [1.165, 1.54) is 11.1 Å². The fraction of sp³-hybridized carbons (Fsp3) is 0.235. The van der Waals surface area contributed by atoms with Gasteiger partial charge in [-0.25, -0.2) is 0 Å². The van der Waals surface area contributed by atoms with E-state index in [4.69, 9.17) is 12.2 Å². The van der Waals surface area contributed by atoms with Gasteiger partial charge in [0.2, 0.25) is 0 Å². The summed E-state index contributed by atoms with van der Waals surface area (Å²) in [7, 11) is 0. The van der Waals surface area contributed by atoms with E-state index in [2.05, 4.69) is 69.9 Å². The number of nitrogens with one attached hydrogen (secondary N) is 2. The molecule has 4 heteroatoms. The second kappa shape index (κ2) is 8.15. The SMILES string of the molecule is C[C@H](NC(=S)NCCc1ccccc1)c1ccc(Br)cc1. The van der Waals surface area contributed by atoms with E-state index in [-0.39, 0.29) is 6.04 Å². The Hall–Kier alpha value is -1.39. The summed E-state index contributed by atoms with van der Waals surface area (Å²) in [5.74, 6) is 0. The molecule has 2 nitrogen and oxygen atoms in total. The molecule has 2 aromatic carbocycles. The minimum Gasteiger partial charge on any atom is -0.362 e. The van der Waals surface area contributed by atoms with E-state index < -0.39 is 0 Å². The van der Waals surface area contributed by atoms with Crippen molar-refractivity contribution < 1.29 is 0 Å². The number of thiocarbonyl (C=S) groups is 1. The van der Waals surface area contributed by atoms with Crippen LogP contribution in [0.3, 0.4) is 0 Å². The average molecular weight is 363 g/mol. The highest BCUT2D eigenvalue weighted by Gasteiger charge is 2.06. The van der Waals surface area contributed by atoms with Crippen LogP contribution in [-0.4, -0.2) is 11.7 Å². The maximum atomic E-state index is 5.34. The molecular formula is C17H19BrN2S. The van der Waals surface area contributed by atoms with Gasteiger partial charge in [0.05, 0.1) is 6.04 Å². The van der Waals surface area contributed by atoms with Gasteiger partial charge >= 0.3 is 0 Å². The van der Waals surface area contributed by atoms with Gasteiger partial charge in [-0.1, -0.05) is 58.4 Å². The minimum absolute atomic E-state index is 0.190. The van der Waals surface area contributed by atoms with Crippen LogP contribution < -0.4 is 10.6 Å². The lowest BCUT2D eigenvalue weighted by atomic mass is 10.1. The van der Waals surface area contributed by atoms with Crippen molar-refractivity contribution in [3.8, 4) is 0 Å². The Labute approximate surface area is 140 Å². The van der Waals surface area contributed by atoms with Gasteiger partial charge in [-0.05, 0) is 48.8 Å². The molecule has 2 N–H and O–H groups in total. The fourth-order valence-electron chi connectivity index (χ4n) is 2.05. The molecule has 2 rings (SSSR count). The zero-order chi connectivity index (χ0) is 15.1. The Morgan fingerprint density at radius 2 is 1.76 bits per heavy atom. The second-order valence-corrected chi connectivity index (χ2v) is 6.23. The van der Waals surface area contributed by atoms with Crippen molar-refractivity contribution in [2.24, 2.45) is 0 Å². The standard InChI is InChI=1S/C17H19BrN2S/c1-13(15-7-9-16(18)10-8-15)20-17(21)19-12-11-14-5-3-2-4-6-14/h2-10,13H,11-12H2,1H3,(H2,19,20,21)/t13-/m0/s1. The molecule has 0 saturated heterocycles. The van der Waals surface area contributed by atoms with Crippen molar-refractivity contribution in [1.82, 2.24) is 10.6 Å². The molecule has 0 saturated carbocycles. The van der Waals surface area contributed by atoms with Crippen molar-refractivity contribution in [3.05, 3.63) is 70.2 Å². The van der Waals surface area contributed by atoms with Crippen LogP contribution in [-0.2, 0) is 6.42 Å². The van der Waals surface area contributed by atoms with E-state index in [0.29, 0.717) is 5.11 Å². The van der Waals surface area contributed by atoms with E-state index in [1.807, 2.05) is 18.2 Å². The average Bonchev–Trinajstić information content (AvgIpc) is 2.49. The fourth-order valence-corrected chi connectivity index (χ4v) is 2.59. The van der Waals surface area contributed by atoms with E-state index in [0.717, 1.165) is 17.4 Å². The summed E-state index contributed by atoms with van der Waals surface area (Å²) >= 11 is 8.78. The molecule has 0 aliphatic rings. The Kier molecular flexibility index (Phi) is 6.21. The van der Waals surface area contributed by atoms with Crippen LogP contribution in [0, 0.1) is 0 Å². The summed E-state index contributed by atoms with van der Waals surface area (Å²) in [6.07, 6.45) is 0.968. The molecule has 0 radical (unpaired) electrons. The van der Waals surface area contributed by atoms with Crippen molar-refractivity contribution in [1.29, 1.82) is 0 Å². The highest BCUT2D eigenvalue weighted by Crippen LogP contribution is 2.16. The van der Waals surface area contributed by atoms with Crippen LogP contribution >= 0.6 is 28.1 Å². The number of hydrogen-bond acceptors (Lipinski definition) is 1. The third kappa shape index (κ3) is 5.48. The normalized spacial score (nSPS) is 11.7. The van der Waals surface area contributed by atoms with Gasteiger partial charge in [-0.15, -0.1) is 0 Å². The first-order valence-corrected chi connectivity index (χ1v) is 8.19. The second-order valence-electron chi connectivity index (χ2n) is 4.91. The van der Waals surface area contributed by atoms with Gasteiger partial charge in [0, 0.05) is 11.0 Å². The molecule has 0 spiro atoms. The molecule has 0 aliphatic heterocycles. The monoisotopic (exact) mass is 362 g/mol. The molecule has 0 aromatic heterocycles. The van der Waals surface area contributed by atoms with Crippen LogP contribution in [0.5, 0.6) is 0 Å². The highest BCUT2D eigenvalue weighted by atomic mass is 79.9. The Balaban J connectivity index is 1.75. The maximum Gasteiger partial charge on any atom is 0.166 e. The Bertz CT molecular complexity index is 569. The van der Waals surface area contributed by atoms with Crippen LogP contribution in [0.25, 0.3) is 0 Å². The molecule has 0 aliphatic carbocycles.